The van der Waals surface area contributed by atoms with Crippen molar-refractivity contribution in [2.75, 3.05) is 0 Å². The van der Waals surface area contributed by atoms with E-state index in [0.29, 0.717) is 10.0 Å². The summed E-state index contributed by atoms with van der Waals surface area (Å²) in [6.07, 6.45) is 2.57. The molecule has 0 aliphatic heterocycles. The quantitative estimate of drug-likeness (QED) is 0.397. The molecule has 0 fully saturated rings. The van der Waals surface area contributed by atoms with Gasteiger partial charge in [-0.25, -0.2) is 0 Å². The number of benzene rings is 2. The third-order valence-electron chi connectivity index (χ3n) is 4.33. The number of aromatic nitrogens is 1. The monoisotopic (exact) mass is 411 g/mol. The summed E-state index contributed by atoms with van der Waals surface area (Å²) in [5, 5.41) is 14.6. The zero-order valence-electron chi connectivity index (χ0n) is 14.1. The summed E-state index contributed by atoms with van der Waals surface area (Å²) in [6, 6.07) is 19.0. The maximum Gasteiger partial charge on any atom is 0.108 e. The molecule has 1 unspecified atom stereocenters. The van der Waals surface area contributed by atoms with Gasteiger partial charge in [0.15, 0.2) is 0 Å². The number of pyridine rings is 1. The van der Waals surface area contributed by atoms with Crippen LogP contribution in [0.2, 0.25) is 10.0 Å². The second kappa shape index (κ2) is 7.83. The average Bonchev–Trinajstić information content (AvgIpc) is 3.13. The molecule has 27 heavy (non-hydrogen) atoms. The van der Waals surface area contributed by atoms with E-state index in [1.807, 2.05) is 60.7 Å². The SMILES string of the molecule is OC(c1cccnc1)c1c(-c2cccc(Cl)c2)csc1-c1cccc(Cl)c1. The smallest absolute Gasteiger partial charge is 0.108 e. The van der Waals surface area contributed by atoms with E-state index in [4.69, 9.17) is 23.2 Å². The van der Waals surface area contributed by atoms with Crippen LogP contribution in [0, 0.1) is 0 Å². The Morgan fingerprint density at radius 1 is 0.889 bits per heavy atom. The Hall–Kier alpha value is -2.17. The van der Waals surface area contributed by atoms with Crippen LogP contribution >= 0.6 is 34.5 Å². The van der Waals surface area contributed by atoms with Crippen molar-refractivity contribution in [3.8, 4) is 21.6 Å². The number of nitrogens with zero attached hydrogens (tertiary/aromatic N) is 1. The summed E-state index contributed by atoms with van der Waals surface area (Å²) in [6.45, 7) is 0. The van der Waals surface area contributed by atoms with E-state index in [0.717, 1.165) is 32.7 Å². The number of halogens is 2. The van der Waals surface area contributed by atoms with Gasteiger partial charge in [-0.05, 0) is 52.4 Å². The van der Waals surface area contributed by atoms with Crippen LogP contribution in [-0.4, -0.2) is 10.1 Å². The van der Waals surface area contributed by atoms with Gasteiger partial charge in [-0.15, -0.1) is 11.3 Å². The lowest BCUT2D eigenvalue weighted by molar-refractivity contribution is 0.221. The highest BCUT2D eigenvalue weighted by molar-refractivity contribution is 7.14. The Balaban J connectivity index is 1.93. The van der Waals surface area contributed by atoms with Gasteiger partial charge in [0.1, 0.15) is 6.10 Å². The highest BCUT2D eigenvalue weighted by atomic mass is 35.5. The number of hydrogen-bond acceptors (Lipinski definition) is 3. The molecule has 0 radical (unpaired) electrons. The molecule has 0 aliphatic carbocycles. The number of rotatable bonds is 4. The van der Waals surface area contributed by atoms with Gasteiger partial charge in [0.25, 0.3) is 0 Å². The molecule has 134 valence electrons. The second-order valence-corrected chi connectivity index (χ2v) is 7.85. The molecule has 0 saturated heterocycles. The fraction of sp³-hybridized carbons (Fsp3) is 0.0455. The van der Waals surface area contributed by atoms with Crippen LogP contribution in [0.4, 0.5) is 0 Å². The van der Waals surface area contributed by atoms with E-state index in [1.165, 1.54) is 0 Å². The van der Waals surface area contributed by atoms with E-state index in [2.05, 4.69) is 10.4 Å². The first-order valence-electron chi connectivity index (χ1n) is 8.35. The molecule has 0 saturated carbocycles. The molecule has 0 spiro atoms. The predicted molar refractivity (Wildman–Crippen MR) is 114 cm³/mol. The molecule has 1 atom stereocenters. The third kappa shape index (κ3) is 3.78. The van der Waals surface area contributed by atoms with Crippen LogP contribution < -0.4 is 0 Å². The number of thiophene rings is 1. The molecule has 2 aromatic carbocycles. The summed E-state index contributed by atoms with van der Waals surface area (Å²) in [5.41, 5.74) is 4.46. The van der Waals surface area contributed by atoms with Crippen LogP contribution in [0.5, 0.6) is 0 Å². The third-order valence-corrected chi connectivity index (χ3v) is 5.84. The van der Waals surface area contributed by atoms with Crippen molar-refractivity contribution < 1.29 is 5.11 Å². The minimum atomic E-state index is -0.812. The average molecular weight is 412 g/mol. The Labute approximate surface area is 171 Å². The van der Waals surface area contributed by atoms with Gasteiger partial charge in [0.05, 0.1) is 0 Å². The summed E-state index contributed by atoms with van der Waals surface area (Å²) >= 11 is 14.0. The maximum atomic E-state index is 11.2. The van der Waals surface area contributed by atoms with E-state index in [-0.39, 0.29) is 0 Å². The van der Waals surface area contributed by atoms with Gasteiger partial charge in [-0.2, -0.15) is 0 Å². The van der Waals surface area contributed by atoms with E-state index in [1.54, 1.807) is 23.7 Å². The molecule has 0 bridgehead atoms. The first-order valence-corrected chi connectivity index (χ1v) is 9.98. The first kappa shape index (κ1) is 18.2. The van der Waals surface area contributed by atoms with Crippen molar-refractivity contribution in [1.82, 2.24) is 4.98 Å². The number of hydrogen-bond donors (Lipinski definition) is 1. The van der Waals surface area contributed by atoms with E-state index >= 15 is 0 Å². The van der Waals surface area contributed by atoms with Gasteiger partial charge in [-0.3, -0.25) is 4.98 Å². The molecule has 2 aromatic heterocycles. The lowest BCUT2D eigenvalue weighted by Gasteiger charge is -2.16. The summed E-state index contributed by atoms with van der Waals surface area (Å²) in [7, 11) is 0. The number of aliphatic hydroxyl groups excluding tert-OH is 1. The fourth-order valence-electron chi connectivity index (χ4n) is 3.08. The van der Waals surface area contributed by atoms with Crippen molar-refractivity contribution in [2.24, 2.45) is 0 Å². The van der Waals surface area contributed by atoms with Crippen molar-refractivity contribution in [3.05, 3.63) is 99.6 Å². The molecular formula is C22H15Cl2NOS. The Morgan fingerprint density at radius 2 is 1.59 bits per heavy atom. The molecule has 0 aliphatic rings. The standard InChI is InChI=1S/C22H15Cl2NOS/c23-17-7-1-4-14(10-17)19-13-27-22(15-5-2-8-18(24)11-15)20(19)21(26)16-6-3-9-25-12-16/h1-13,21,26H. The highest BCUT2D eigenvalue weighted by Gasteiger charge is 2.23. The fourth-order valence-corrected chi connectivity index (χ4v) is 4.57. The van der Waals surface area contributed by atoms with Gasteiger partial charge < -0.3 is 5.11 Å². The summed E-state index contributed by atoms with van der Waals surface area (Å²) in [5.74, 6) is 0. The lowest BCUT2D eigenvalue weighted by atomic mass is 9.93. The Bertz CT molecular complexity index is 1020. The Kier molecular flexibility index (Phi) is 5.28. The van der Waals surface area contributed by atoms with Gasteiger partial charge in [0.2, 0.25) is 0 Å². The molecular weight excluding hydrogens is 397 g/mol. The zero-order valence-corrected chi connectivity index (χ0v) is 16.5. The topological polar surface area (TPSA) is 33.1 Å². The molecule has 0 amide bonds. The van der Waals surface area contributed by atoms with Crippen LogP contribution in [0.3, 0.4) is 0 Å². The lowest BCUT2D eigenvalue weighted by Crippen LogP contribution is -2.02. The zero-order chi connectivity index (χ0) is 18.8. The molecule has 1 N–H and O–H groups in total. The van der Waals surface area contributed by atoms with Crippen LogP contribution in [-0.2, 0) is 0 Å². The van der Waals surface area contributed by atoms with Crippen molar-refractivity contribution in [3.63, 3.8) is 0 Å². The van der Waals surface area contributed by atoms with E-state index in [9.17, 15) is 5.11 Å². The Morgan fingerprint density at radius 3 is 2.26 bits per heavy atom. The van der Waals surface area contributed by atoms with Crippen LogP contribution in [0.15, 0.2) is 78.4 Å². The highest BCUT2D eigenvalue weighted by Crippen LogP contribution is 2.44. The first-order chi connectivity index (χ1) is 13.1. The van der Waals surface area contributed by atoms with Crippen molar-refractivity contribution >= 4 is 34.5 Å². The molecule has 4 aromatic rings. The van der Waals surface area contributed by atoms with Gasteiger partial charge >= 0.3 is 0 Å². The maximum absolute atomic E-state index is 11.2. The van der Waals surface area contributed by atoms with Crippen LogP contribution in [0.1, 0.15) is 17.2 Å². The van der Waals surface area contributed by atoms with E-state index < -0.39 is 6.10 Å². The number of aliphatic hydroxyl groups is 1. The minimum absolute atomic E-state index is 0.657. The van der Waals surface area contributed by atoms with Crippen LogP contribution in [0.25, 0.3) is 21.6 Å². The molecule has 5 heteroatoms. The van der Waals surface area contributed by atoms with Gasteiger partial charge in [-0.1, -0.05) is 53.5 Å². The molecule has 4 rings (SSSR count). The normalized spacial score (nSPS) is 12.1. The summed E-state index contributed by atoms with van der Waals surface area (Å²) < 4.78 is 0. The minimum Gasteiger partial charge on any atom is -0.384 e. The van der Waals surface area contributed by atoms with Gasteiger partial charge in [0, 0.05) is 38.4 Å². The molecule has 2 nitrogen and oxygen atoms in total. The predicted octanol–water partition coefficient (Wildman–Crippen LogP) is 6.87. The van der Waals surface area contributed by atoms with Crippen molar-refractivity contribution in [2.45, 2.75) is 6.10 Å². The summed E-state index contributed by atoms with van der Waals surface area (Å²) in [4.78, 5) is 5.13. The molecule has 2 heterocycles. The van der Waals surface area contributed by atoms with Crippen molar-refractivity contribution in [1.29, 1.82) is 0 Å². The largest absolute Gasteiger partial charge is 0.384 e. The second-order valence-electron chi connectivity index (χ2n) is 6.10.